The predicted octanol–water partition coefficient (Wildman–Crippen LogP) is 0.961. The maximum Gasteiger partial charge on any atom is 0.322 e. The largest absolute Gasteiger partial charge is 0.331 e. The van der Waals surface area contributed by atoms with Crippen LogP contribution in [0.25, 0.3) is 0 Å². The number of benzene rings is 1. The van der Waals surface area contributed by atoms with E-state index >= 15 is 0 Å². The lowest BCUT2D eigenvalue weighted by atomic mass is 10.2. The lowest BCUT2D eigenvalue weighted by Gasteiger charge is -2.16. The van der Waals surface area contributed by atoms with Gasteiger partial charge in [0.05, 0.1) is 6.20 Å². The molecule has 8 nitrogen and oxygen atoms in total. The van der Waals surface area contributed by atoms with E-state index < -0.39 is 0 Å². The van der Waals surface area contributed by atoms with Crippen LogP contribution in [0.5, 0.6) is 0 Å². The summed E-state index contributed by atoms with van der Waals surface area (Å²) in [4.78, 5) is 27.2. The van der Waals surface area contributed by atoms with E-state index in [9.17, 15) is 9.59 Å². The van der Waals surface area contributed by atoms with Gasteiger partial charge < -0.3 is 9.80 Å². The van der Waals surface area contributed by atoms with Crippen molar-refractivity contribution in [2.45, 2.75) is 13.0 Å². The fourth-order valence-electron chi connectivity index (χ4n) is 2.48. The molecule has 23 heavy (non-hydrogen) atoms. The highest BCUT2D eigenvalue weighted by Gasteiger charge is 2.24. The molecule has 0 saturated heterocycles. The predicted molar refractivity (Wildman–Crippen MR) is 85.2 cm³/mol. The smallest absolute Gasteiger partial charge is 0.322 e. The van der Waals surface area contributed by atoms with Gasteiger partial charge in [-0.1, -0.05) is 23.4 Å². The van der Waals surface area contributed by atoms with Crippen molar-refractivity contribution in [3.63, 3.8) is 0 Å². The standard InChI is InChI=1S/C15H18N6O2/c1-19(2)15(23)16-13-9-20(18-17-13)10-14(22)21-8-7-11-5-3-4-6-12(11)21/h3-6,9H,7-8,10H2,1-2H3,(H,16,23). The number of fused-ring (bicyclic) bond motifs is 1. The molecule has 3 rings (SSSR count). The first kappa shape index (κ1) is 15.0. The first-order valence-electron chi connectivity index (χ1n) is 7.31. The zero-order valence-electron chi connectivity index (χ0n) is 13.1. The third-order valence-corrected chi connectivity index (χ3v) is 3.67. The fraction of sp³-hybridized carbons (Fsp3) is 0.333. The Morgan fingerprint density at radius 2 is 2.09 bits per heavy atom. The van der Waals surface area contributed by atoms with Gasteiger partial charge in [-0.25, -0.2) is 9.48 Å². The minimum absolute atomic E-state index is 0.0506. The summed E-state index contributed by atoms with van der Waals surface area (Å²) in [5, 5.41) is 10.3. The van der Waals surface area contributed by atoms with Gasteiger partial charge in [0.25, 0.3) is 0 Å². The second-order valence-electron chi connectivity index (χ2n) is 5.55. The van der Waals surface area contributed by atoms with E-state index in [0.717, 1.165) is 12.1 Å². The Kier molecular flexibility index (Phi) is 3.96. The number of anilines is 2. The summed E-state index contributed by atoms with van der Waals surface area (Å²) in [6, 6.07) is 7.59. The third-order valence-electron chi connectivity index (χ3n) is 3.67. The number of hydrogen-bond donors (Lipinski definition) is 1. The second-order valence-corrected chi connectivity index (χ2v) is 5.55. The van der Waals surface area contributed by atoms with Crippen molar-refractivity contribution in [3.05, 3.63) is 36.0 Å². The normalized spacial score (nSPS) is 12.9. The van der Waals surface area contributed by atoms with Crippen LogP contribution in [-0.4, -0.2) is 52.5 Å². The Morgan fingerprint density at radius 1 is 1.30 bits per heavy atom. The van der Waals surface area contributed by atoms with Crippen molar-refractivity contribution in [3.8, 4) is 0 Å². The molecular weight excluding hydrogens is 296 g/mol. The van der Waals surface area contributed by atoms with E-state index in [-0.39, 0.29) is 18.5 Å². The van der Waals surface area contributed by atoms with Gasteiger partial charge in [-0.2, -0.15) is 0 Å². The summed E-state index contributed by atoms with van der Waals surface area (Å²) in [6.45, 7) is 0.760. The monoisotopic (exact) mass is 314 g/mol. The molecule has 0 radical (unpaired) electrons. The van der Waals surface area contributed by atoms with Crippen LogP contribution in [0.2, 0.25) is 0 Å². The van der Waals surface area contributed by atoms with Crippen LogP contribution in [-0.2, 0) is 17.8 Å². The molecule has 120 valence electrons. The third kappa shape index (κ3) is 3.15. The van der Waals surface area contributed by atoms with E-state index in [1.807, 2.05) is 24.3 Å². The average molecular weight is 314 g/mol. The minimum atomic E-state index is -0.295. The summed E-state index contributed by atoms with van der Waals surface area (Å²) in [5.74, 6) is 0.267. The Hall–Kier alpha value is -2.90. The van der Waals surface area contributed by atoms with E-state index in [2.05, 4.69) is 15.6 Å². The van der Waals surface area contributed by atoms with Crippen molar-refractivity contribution in [1.29, 1.82) is 0 Å². The number of rotatable bonds is 3. The van der Waals surface area contributed by atoms with Gasteiger partial charge in [0.1, 0.15) is 6.54 Å². The van der Waals surface area contributed by atoms with Gasteiger partial charge in [0.15, 0.2) is 5.82 Å². The molecule has 2 aromatic rings. The molecule has 8 heteroatoms. The number of carbonyl (C=O) groups excluding carboxylic acids is 2. The molecule has 0 spiro atoms. The number of amides is 3. The Bertz CT molecular complexity index is 739. The van der Waals surface area contributed by atoms with Crippen LogP contribution < -0.4 is 10.2 Å². The fourth-order valence-corrected chi connectivity index (χ4v) is 2.48. The molecular formula is C15H18N6O2. The van der Waals surface area contributed by atoms with Gasteiger partial charge in [-0.05, 0) is 18.1 Å². The first-order chi connectivity index (χ1) is 11.0. The van der Waals surface area contributed by atoms with E-state index in [4.69, 9.17) is 0 Å². The van der Waals surface area contributed by atoms with Crippen LogP contribution in [0.4, 0.5) is 16.3 Å². The molecule has 0 saturated carbocycles. The summed E-state index contributed by atoms with van der Waals surface area (Å²) < 4.78 is 1.43. The number of carbonyl (C=O) groups is 2. The topological polar surface area (TPSA) is 83.4 Å². The molecule has 1 aliphatic rings. The zero-order chi connectivity index (χ0) is 16.4. The minimum Gasteiger partial charge on any atom is -0.331 e. The first-order valence-corrected chi connectivity index (χ1v) is 7.31. The van der Waals surface area contributed by atoms with Gasteiger partial charge >= 0.3 is 6.03 Å². The maximum atomic E-state index is 12.5. The molecule has 0 bridgehead atoms. The van der Waals surface area contributed by atoms with Gasteiger partial charge in [0, 0.05) is 26.3 Å². The highest BCUT2D eigenvalue weighted by Crippen LogP contribution is 2.27. The van der Waals surface area contributed by atoms with Crippen LogP contribution in [0, 0.1) is 0 Å². The number of aromatic nitrogens is 3. The number of nitrogens with one attached hydrogen (secondary N) is 1. The molecule has 0 fully saturated rings. The Morgan fingerprint density at radius 3 is 2.87 bits per heavy atom. The lowest BCUT2D eigenvalue weighted by molar-refractivity contribution is -0.119. The molecule has 0 aliphatic carbocycles. The lowest BCUT2D eigenvalue weighted by Crippen LogP contribution is -2.32. The summed E-state index contributed by atoms with van der Waals surface area (Å²) >= 11 is 0. The highest BCUT2D eigenvalue weighted by molar-refractivity contribution is 5.95. The van der Waals surface area contributed by atoms with Crippen molar-refractivity contribution >= 4 is 23.4 Å². The summed E-state index contributed by atoms with van der Waals surface area (Å²) in [5.41, 5.74) is 2.14. The molecule has 0 unspecified atom stereocenters. The number of nitrogens with zero attached hydrogens (tertiary/aromatic N) is 5. The Labute approximate surface area is 133 Å². The van der Waals surface area contributed by atoms with Crippen LogP contribution >= 0.6 is 0 Å². The molecule has 2 heterocycles. The van der Waals surface area contributed by atoms with Crippen molar-refractivity contribution in [1.82, 2.24) is 19.9 Å². The van der Waals surface area contributed by atoms with Gasteiger partial charge in [-0.3, -0.25) is 10.1 Å². The SMILES string of the molecule is CN(C)C(=O)Nc1cn(CC(=O)N2CCc3ccccc32)nn1. The molecule has 1 aliphatic heterocycles. The quantitative estimate of drug-likeness (QED) is 0.914. The highest BCUT2D eigenvalue weighted by atomic mass is 16.2. The maximum absolute atomic E-state index is 12.5. The van der Waals surface area contributed by atoms with Gasteiger partial charge in [-0.15, -0.1) is 5.10 Å². The van der Waals surface area contributed by atoms with Gasteiger partial charge in [0.2, 0.25) is 5.91 Å². The second kappa shape index (κ2) is 6.07. The molecule has 1 aromatic carbocycles. The van der Waals surface area contributed by atoms with Crippen LogP contribution in [0.15, 0.2) is 30.5 Å². The van der Waals surface area contributed by atoms with E-state index in [0.29, 0.717) is 12.4 Å². The number of urea groups is 1. The number of hydrogen-bond acceptors (Lipinski definition) is 4. The summed E-state index contributed by atoms with van der Waals surface area (Å²) in [6.07, 6.45) is 2.41. The zero-order valence-corrected chi connectivity index (χ0v) is 13.1. The molecule has 3 amide bonds. The molecule has 0 atom stereocenters. The summed E-state index contributed by atoms with van der Waals surface area (Å²) in [7, 11) is 3.27. The molecule has 1 N–H and O–H groups in total. The number of para-hydroxylation sites is 1. The van der Waals surface area contributed by atoms with Crippen LogP contribution in [0.3, 0.4) is 0 Å². The molecule has 1 aromatic heterocycles. The average Bonchev–Trinajstić information content (AvgIpc) is 3.13. The van der Waals surface area contributed by atoms with E-state index in [1.165, 1.54) is 15.1 Å². The van der Waals surface area contributed by atoms with Crippen molar-refractivity contribution in [2.75, 3.05) is 30.9 Å². The van der Waals surface area contributed by atoms with Crippen LogP contribution in [0.1, 0.15) is 5.56 Å². The van der Waals surface area contributed by atoms with E-state index in [1.54, 1.807) is 25.2 Å². The van der Waals surface area contributed by atoms with Crippen molar-refractivity contribution < 1.29 is 9.59 Å². The van der Waals surface area contributed by atoms with Crippen molar-refractivity contribution in [2.24, 2.45) is 0 Å². The Balaban J connectivity index is 1.65.